The first-order valence-corrected chi connectivity index (χ1v) is 11.9. The molecule has 0 unspecified atom stereocenters. The summed E-state index contributed by atoms with van der Waals surface area (Å²) in [6.07, 6.45) is 1.87. The summed E-state index contributed by atoms with van der Waals surface area (Å²) in [6.45, 7) is 3.67. The lowest BCUT2D eigenvalue weighted by Crippen LogP contribution is -2.58. The molecule has 0 saturated carbocycles. The zero-order valence-corrected chi connectivity index (χ0v) is 21.6. The maximum Gasteiger partial charge on any atom is 0.315 e. The van der Waals surface area contributed by atoms with E-state index < -0.39 is 47.7 Å². The number of rotatable bonds is 17. The summed E-state index contributed by atoms with van der Waals surface area (Å²) < 4.78 is 0. The molecule has 16 heteroatoms. The molecule has 0 aliphatic rings. The molecule has 0 aromatic heterocycles. The smallest absolute Gasteiger partial charge is 0.315 e. The molecule has 3 atom stereocenters. The summed E-state index contributed by atoms with van der Waals surface area (Å²) in [4.78, 5) is 57.0. The van der Waals surface area contributed by atoms with Crippen LogP contribution in [-0.2, 0) is 14.4 Å². The first kappa shape index (κ1) is 32.7. The van der Waals surface area contributed by atoms with E-state index in [1.54, 1.807) is 13.8 Å². The molecule has 0 rings (SSSR count). The highest BCUT2D eigenvalue weighted by atomic mass is 32.1. The van der Waals surface area contributed by atoms with Crippen LogP contribution in [0.3, 0.4) is 0 Å². The van der Waals surface area contributed by atoms with E-state index in [9.17, 15) is 24.3 Å². The molecule has 206 valence electrons. The van der Waals surface area contributed by atoms with E-state index in [1.165, 1.54) is 0 Å². The zero-order chi connectivity index (χ0) is 27.7. The summed E-state index contributed by atoms with van der Waals surface area (Å²) >= 11 is 3.81. The Morgan fingerprint density at radius 2 is 1.42 bits per heavy atom. The number of hydrogen-bond donors (Lipinski definition) is 10. The van der Waals surface area contributed by atoms with Crippen LogP contribution in [0, 0.1) is 5.92 Å². The highest BCUT2D eigenvalue weighted by Crippen LogP contribution is 2.07. The van der Waals surface area contributed by atoms with E-state index in [0.717, 1.165) is 0 Å². The van der Waals surface area contributed by atoms with Crippen LogP contribution < -0.4 is 44.2 Å². The minimum absolute atomic E-state index is 0.0125. The lowest BCUT2D eigenvalue weighted by molar-refractivity contribution is -0.132. The Balaban J connectivity index is 4.87. The molecule has 0 aliphatic carbocycles. The summed E-state index contributed by atoms with van der Waals surface area (Å²) in [6, 6.07) is -3.93. The van der Waals surface area contributed by atoms with E-state index in [-0.39, 0.29) is 30.8 Å². The molecule has 0 aromatic rings. The number of unbranched alkanes of at least 4 members (excludes halogenated alkanes) is 1. The van der Waals surface area contributed by atoms with E-state index in [0.29, 0.717) is 32.4 Å². The van der Waals surface area contributed by atoms with Crippen molar-refractivity contribution in [3.05, 3.63) is 0 Å². The quantitative estimate of drug-likeness (QED) is 0.0391. The van der Waals surface area contributed by atoms with Gasteiger partial charge in [0.15, 0.2) is 11.9 Å². The first-order chi connectivity index (χ1) is 16.9. The Morgan fingerprint density at radius 3 is 1.92 bits per heavy atom. The Bertz CT molecular complexity index is 785. The number of aliphatic hydroxyl groups is 1. The molecule has 36 heavy (non-hydrogen) atoms. The standard InChI is InChI=1S/C20H40N10O5S/c1-11(2)14(16(33)28-12(17(34)36)6-5-9-26-19(23)24)30-15(32)13(10-31)29-20(35)27-8-4-3-7-25-18(21)22/h11-14,31H,3-10H2,1-2H3,(H,28,33)(H,30,32)(H,34,36)(H4,21,22,25)(H4,23,24,26)(H2,27,29,35)/t12-,13-,14-/m0/s1. The second kappa shape index (κ2) is 18.1. The summed E-state index contributed by atoms with van der Waals surface area (Å²) in [5.74, 6) is -1.85. The van der Waals surface area contributed by atoms with Crippen molar-refractivity contribution in [1.82, 2.24) is 21.3 Å². The SMILES string of the molecule is CC(C)[C@H](NC(=O)[C@H](CO)NC(=O)NCCCCN=C(N)N)C(=O)N[C@@H](CCCN=C(N)N)C(=O)S. The third-order valence-electron chi connectivity index (χ3n) is 4.78. The van der Waals surface area contributed by atoms with Crippen LogP contribution in [0.25, 0.3) is 0 Å². The van der Waals surface area contributed by atoms with Crippen LogP contribution >= 0.6 is 12.6 Å². The van der Waals surface area contributed by atoms with Crippen molar-refractivity contribution in [1.29, 1.82) is 0 Å². The van der Waals surface area contributed by atoms with Crippen LogP contribution in [0.4, 0.5) is 4.79 Å². The van der Waals surface area contributed by atoms with Crippen LogP contribution in [-0.4, -0.2) is 84.4 Å². The first-order valence-electron chi connectivity index (χ1n) is 11.5. The molecule has 13 N–H and O–H groups in total. The largest absolute Gasteiger partial charge is 0.394 e. The molecule has 0 fully saturated rings. The van der Waals surface area contributed by atoms with E-state index in [1.807, 2.05) is 0 Å². The van der Waals surface area contributed by atoms with Gasteiger partial charge in [-0.2, -0.15) is 0 Å². The number of thiol groups is 1. The van der Waals surface area contributed by atoms with Gasteiger partial charge in [0.05, 0.1) is 12.6 Å². The molecule has 0 radical (unpaired) electrons. The molecule has 15 nitrogen and oxygen atoms in total. The number of amides is 4. The van der Waals surface area contributed by atoms with Gasteiger partial charge in [-0.3, -0.25) is 24.4 Å². The Labute approximate surface area is 216 Å². The average molecular weight is 533 g/mol. The molecule has 4 amide bonds. The van der Waals surface area contributed by atoms with E-state index in [4.69, 9.17) is 22.9 Å². The van der Waals surface area contributed by atoms with Gasteiger partial charge in [0.2, 0.25) is 16.9 Å². The Morgan fingerprint density at radius 1 is 0.833 bits per heavy atom. The molecule has 0 aromatic carbocycles. The summed E-state index contributed by atoms with van der Waals surface area (Å²) in [7, 11) is 0. The van der Waals surface area contributed by atoms with Gasteiger partial charge in [0, 0.05) is 19.6 Å². The van der Waals surface area contributed by atoms with Crippen molar-refractivity contribution in [3.63, 3.8) is 0 Å². The number of nitrogens with zero attached hydrogens (tertiary/aromatic N) is 2. The fourth-order valence-electron chi connectivity index (χ4n) is 2.86. The van der Waals surface area contributed by atoms with Gasteiger partial charge >= 0.3 is 6.03 Å². The van der Waals surface area contributed by atoms with Gasteiger partial charge in [0.1, 0.15) is 12.1 Å². The van der Waals surface area contributed by atoms with Crippen LogP contribution in [0.5, 0.6) is 0 Å². The highest BCUT2D eigenvalue weighted by molar-refractivity contribution is 7.96. The topological polar surface area (TPSA) is 265 Å². The predicted octanol–water partition coefficient (Wildman–Crippen LogP) is -3.16. The van der Waals surface area contributed by atoms with Gasteiger partial charge in [-0.1, -0.05) is 13.8 Å². The van der Waals surface area contributed by atoms with E-state index >= 15 is 0 Å². The fraction of sp³-hybridized carbons (Fsp3) is 0.700. The van der Waals surface area contributed by atoms with Gasteiger partial charge in [-0.25, -0.2) is 4.79 Å². The molecular formula is C20H40N10O5S. The molecule has 0 spiro atoms. The molecular weight excluding hydrogens is 492 g/mol. The maximum absolute atomic E-state index is 12.8. The zero-order valence-electron chi connectivity index (χ0n) is 20.7. The van der Waals surface area contributed by atoms with Gasteiger partial charge < -0.3 is 49.3 Å². The van der Waals surface area contributed by atoms with Crippen molar-refractivity contribution in [3.8, 4) is 0 Å². The molecule has 0 saturated heterocycles. The maximum atomic E-state index is 12.8. The number of guanidine groups is 2. The van der Waals surface area contributed by atoms with Crippen LogP contribution in [0.1, 0.15) is 39.5 Å². The second-order valence-corrected chi connectivity index (χ2v) is 8.67. The van der Waals surface area contributed by atoms with Gasteiger partial charge in [-0.05, 0) is 31.6 Å². The van der Waals surface area contributed by atoms with Crippen molar-refractivity contribution in [2.75, 3.05) is 26.2 Å². The van der Waals surface area contributed by atoms with Crippen LogP contribution in [0.2, 0.25) is 0 Å². The minimum atomic E-state index is -1.30. The Kier molecular flexibility index (Phi) is 16.4. The predicted molar refractivity (Wildman–Crippen MR) is 140 cm³/mol. The van der Waals surface area contributed by atoms with Gasteiger partial charge in [-0.15, -0.1) is 12.6 Å². The monoisotopic (exact) mass is 532 g/mol. The number of carbonyl (C=O) groups is 4. The number of urea groups is 1. The number of aliphatic imine (C=N–C) groups is 2. The van der Waals surface area contributed by atoms with Gasteiger partial charge in [0.25, 0.3) is 0 Å². The molecule has 0 bridgehead atoms. The third-order valence-corrected chi connectivity index (χ3v) is 5.09. The molecule has 0 aliphatic heterocycles. The van der Waals surface area contributed by atoms with Crippen molar-refractivity contribution in [2.45, 2.75) is 57.7 Å². The van der Waals surface area contributed by atoms with Crippen molar-refractivity contribution < 1.29 is 24.3 Å². The number of nitrogens with one attached hydrogen (secondary N) is 4. The van der Waals surface area contributed by atoms with Crippen molar-refractivity contribution >= 4 is 47.5 Å². The fourth-order valence-corrected chi connectivity index (χ4v) is 3.06. The highest BCUT2D eigenvalue weighted by Gasteiger charge is 2.30. The lowest BCUT2D eigenvalue weighted by Gasteiger charge is -2.26. The number of aliphatic hydroxyl groups excluding tert-OH is 1. The number of nitrogens with two attached hydrogens (primary N) is 4. The minimum Gasteiger partial charge on any atom is -0.394 e. The second-order valence-electron chi connectivity index (χ2n) is 8.23. The lowest BCUT2D eigenvalue weighted by atomic mass is 10.0. The Hall–Kier alpha value is -3.27. The van der Waals surface area contributed by atoms with Crippen LogP contribution in [0.15, 0.2) is 9.98 Å². The number of carbonyl (C=O) groups excluding carboxylic acids is 4. The van der Waals surface area contributed by atoms with Crippen molar-refractivity contribution in [2.24, 2.45) is 38.8 Å². The van der Waals surface area contributed by atoms with E-state index in [2.05, 4.69) is 43.9 Å². The normalized spacial score (nSPS) is 13.0. The molecule has 0 heterocycles. The summed E-state index contributed by atoms with van der Waals surface area (Å²) in [5, 5.41) is 19.0. The third kappa shape index (κ3) is 14.9. The summed E-state index contributed by atoms with van der Waals surface area (Å²) in [5.41, 5.74) is 21.0. The average Bonchev–Trinajstić information content (AvgIpc) is 2.78. The number of hydrogen-bond acceptors (Lipinski definition) is 7.